The smallest absolute Gasteiger partial charge is 0.137 e. The lowest BCUT2D eigenvalue weighted by atomic mass is 10.00. The third-order valence-electron chi connectivity index (χ3n) is 3.58. The van der Waals surface area contributed by atoms with Crippen molar-refractivity contribution in [2.45, 2.75) is 19.4 Å². The summed E-state index contributed by atoms with van der Waals surface area (Å²) >= 11 is 5.96. The Hall–Kier alpha value is -1.39. The molecule has 2 aromatic heterocycles. The summed E-state index contributed by atoms with van der Waals surface area (Å²) in [5, 5.41) is 0.704. The van der Waals surface area contributed by atoms with Crippen LogP contribution in [-0.4, -0.2) is 33.7 Å². The Morgan fingerprint density at radius 3 is 3.16 bits per heavy atom. The standard InChI is InChI=1S/C14H16ClN3O/c15-12-3-4-14-16-13(9-18(14)7-12)8-17-5-1-2-11(6-17)10-19/h3-4,7,9-11H,1-2,5-6,8H2. The number of carbonyl (C=O) groups excluding carboxylic acids is 1. The molecule has 3 heterocycles. The molecule has 100 valence electrons. The number of likely N-dealkylation sites (tertiary alicyclic amines) is 1. The monoisotopic (exact) mass is 277 g/mol. The summed E-state index contributed by atoms with van der Waals surface area (Å²) in [6, 6.07) is 3.76. The summed E-state index contributed by atoms with van der Waals surface area (Å²) in [7, 11) is 0. The first-order valence-corrected chi connectivity index (χ1v) is 6.93. The molecule has 3 rings (SSSR count). The van der Waals surface area contributed by atoms with Crippen LogP contribution in [0.4, 0.5) is 0 Å². The van der Waals surface area contributed by atoms with Gasteiger partial charge in [0.2, 0.25) is 0 Å². The highest BCUT2D eigenvalue weighted by molar-refractivity contribution is 6.30. The fourth-order valence-electron chi connectivity index (χ4n) is 2.67. The van der Waals surface area contributed by atoms with Crippen LogP contribution in [0, 0.1) is 5.92 Å². The molecule has 0 amide bonds. The first-order chi connectivity index (χ1) is 9.24. The normalized spacial score (nSPS) is 20.8. The highest BCUT2D eigenvalue weighted by Crippen LogP contribution is 2.18. The average Bonchev–Trinajstić information content (AvgIpc) is 2.80. The van der Waals surface area contributed by atoms with Gasteiger partial charge in [0, 0.05) is 31.4 Å². The van der Waals surface area contributed by atoms with Gasteiger partial charge in [0.25, 0.3) is 0 Å². The van der Waals surface area contributed by atoms with Gasteiger partial charge in [-0.15, -0.1) is 0 Å². The fraction of sp³-hybridized carbons (Fsp3) is 0.429. The number of pyridine rings is 1. The van der Waals surface area contributed by atoms with Gasteiger partial charge >= 0.3 is 0 Å². The van der Waals surface area contributed by atoms with E-state index in [1.54, 1.807) is 0 Å². The highest BCUT2D eigenvalue weighted by atomic mass is 35.5. The van der Waals surface area contributed by atoms with Crippen LogP contribution >= 0.6 is 11.6 Å². The molecule has 0 spiro atoms. The number of fused-ring (bicyclic) bond motifs is 1. The van der Waals surface area contributed by atoms with Gasteiger partial charge in [0.05, 0.1) is 10.7 Å². The number of hydrogen-bond donors (Lipinski definition) is 0. The summed E-state index contributed by atoms with van der Waals surface area (Å²) < 4.78 is 1.94. The van der Waals surface area contributed by atoms with Gasteiger partial charge in [-0.2, -0.15) is 0 Å². The zero-order chi connectivity index (χ0) is 13.2. The topological polar surface area (TPSA) is 37.6 Å². The first kappa shape index (κ1) is 12.6. The number of nitrogens with zero attached hydrogens (tertiary/aromatic N) is 3. The Balaban J connectivity index is 1.75. The van der Waals surface area contributed by atoms with Gasteiger partial charge in [0.15, 0.2) is 0 Å². The summed E-state index contributed by atoms with van der Waals surface area (Å²) in [5.74, 6) is 0.181. The zero-order valence-corrected chi connectivity index (χ0v) is 11.4. The third-order valence-corrected chi connectivity index (χ3v) is 3.81. The molecular weight excluding hydrogens is 262 g/mol. The highest BCUT2D eigenvalue weighted by Gasteiger charge is 2.19. The van der Waals surface area contributed by atoms with E-state index in [1.165, 1.54) is 0 Å². The Morgan fingerprint density at radius 1 is 1.42 bits per heavy atom. The lowest BCUT2D eigenvalue weighted by Crippen LogP contribution is -2.35. The van der Waals surface area contributed by atoms with Crippen LogP contribution in [0.15, 0.2) is 24.5 Å². The van der Waals surface area contributed by atoms with Crippen molar-refractivity contribution in [3.8, 4) is 0 Å². The van der Waals surface area contributed by atoms with Crippen molar-refractivity contribution in [2.24, 2.45) is 5.92 Å². The number of aldehydes is 1. The third kappa shape index (κ3) is 2.80. The van der Waals surface area contributed by atoms with Crippen molar-refractivity contribution in [1.29, 1.82) is 0 Å². The van der Waals surface area contributed by atoms with E-state index in [0.717, 1.165) is 50.1 Å². The molecule has 1 unspecified atom stereocenters. The maximum absolute atomic E-state index is 10.9. The van der Waals surface area contributed by atoms with E-state index in [9.17, 15) is 4.79 Å². The fourth-order valence-corrected chi connectivity index (χ4v) is 2.84. The number of halogens is 1. The second-order valence-electron chi connectivity index (χ2n) is 5.12. The Labute approximate surface area is 117 Å². The van der Waals surface area contributed by atoms with Crippen LogP contribution in [0.3, 0.4) is 0 Å². The van der Waals surface area contributed by atoms with Crippen LogP contribution in [0.25, 0.3) is 5.65 Å². The number of hydrogen-bond acceptors (Lipinski definition) is 3. The molecule has 1 fully saturated rings. The van der Waals surface area contributed by atoms with E-state index in [0.29, 0.717) is 5.02 Å². The SMILES string of the molecule is O=CC1CCCN(Cc2cn3cc(Cl)ccc3n2)C1. The maximum Gasteiger partial charge on any atom is 0.137 e. The molecule has 0 radical (unpaired) electrons. The summed E-state index contributed by atoms with van der Waals surface area (Å²) in [6.45, 7) is 2.68. The predicted molar refractivity (Wildman–Crippen MR) is 74.3 cm³/mol. The van der Waals surface area contributed by atoms with E-state index >= 15 is 0 Å². The molecule has 0 bridgehead atoms. The Kier molecular flexibility index (Phi) is 3.53. The molecule has 0 saturated carbocycles. The minimum absolute atomic E-state index is 0.181. The van der Waals surface area contributed by atoms with Gasteiger partial charge in [-0.1, -0.05) is 11.6 Å². The molecule has 0 aromatic carbocycles. The van der Waals surface area contributed by atoms with Crippen LogP contribution in [-0.2, 0) is 11.3 Å². The largest absolute Gasteiger partial charge is 0.305 e. The number of piperidine rings is 1. The minimum Gasteiger partial charge on any atom is -0.305 e. The predicted octanol–water partition coefficient (Wildman–Crippen LogP) is 2.40. The second kappa shape index (κ2) is 5.31. The molecule has 0 N–H and O–H groups in total. The Morgan fingerprint density at radius 2 is 2.32 bits per heavy atom. The molecular formula is C14H16ClN3O. The zero-order valence-electron chi connectivity index (χ0n) is 10.6. The Bertz CT molecular complexity index is 595. The minimum atomic E-state index is 0.181. The van der Waals surface area contributed by atoms with Crippen LogP contribution < -0.4 is 0 Å². The van der Waals surface area contributed by atoms with E-state index in [-0.39, 0.29) is 5.92 Å². The number of carbonyl (C=O) groups is 1. The lowest BCUT2D eigenvalue weighted by molar-refractivity contribution is -0.112. The quantitative estimate of drug-likeness (QED) is 0.809. The molecule has 0 aliphatic carbocycles. The van der Waals surface area contributed by atoms with Gasteiger partial charge in [0.1, 0.15) is 11.9 Å². The molecule has 1 aliphatic heterocycles. The van der Waals surface area contributed by atoms with Gasteiger partial charge in [-0.3, -0.25) is 4.90 Å². The molecule has 5 heteroatoms. The van der Waals surface area contributed by atoms with Crippen LogP contribution in [0.2, 0.25) is 5.02 Å². The van der Waals surface area contributed by atoms with Gasteiger partial charge < -0.3 is 9.20 Å². The number of imidazole rings is 1. The first-order valence-electron chi connectivity index (χ1n) is 6.55. The summed E-state index contributed by atoms with van der Waals surface area (Å²) in [4.78, 5) is 17.7. The van der Waals surface area contributed by atoms with E-state index in [2.05, 4.69) is 9.88 Å². The van der Waals surface area contributed by atoms with Gasteiger partial charge in [-0.05, 0) is 31.5 Å². The van der Waals surface area contributed by atoms with E-state index < -0.39 is 0 Å². The van der Waals surface area contributed by atoms with E-state index in [1.807, 2.05) is 28.9 Å². The summed E-state index contributed by atoms with van der Waals surface area (Å²) in [6.07, 6.45) is 7.04. The van der Waals surface area contributed by atoms with Crippen molar-refractivity contribution in [2.75, 3.05) is 13.1 Å². The molecule has 19 heavy (non-hydrogen) atoms. The van der Waals surface area contributed by atoms with Crippen molar-refractivity contribution >= 4 is 23.5 Å². The van der Waals surface area contributed by atoms with Crippen LogP contribution in [0.1, 0.15) is 18.5 Å². The summed E-state index contributed by atoms with van der Waals surface area (Å²) in [5.41, 5.74) is 1.93. The van der Waals surface area contributed by atoms with Crippen molar-refractivity contribution in [1.82, 2.24) is 14.3 Å². The molecule has 1 saturated heterocycles. The number of rotatable bonds is 3. The second-order valence-corrected chi connectivity index (χ2v) is 5.55. The maximum atomic E-state index is 10.9. The lowest BCUT2D eigenvalue weighted by Gasteiger charge is -2.29. The van der Waals surface area contributed by atoms with Crippen molar-refractivity contribution in [3.05, 3.63) is 35.2 Å². The van der Waals surface area contributed by atoms with Crippen molar-refractivity contribution < 1.29 is 4.79 Å². The molecule has 1 atom stereocenters. The average molecular weight is 278 g/mol. The molecule has 4 nitrogen and oxygen atoms in total. The van der Waals surface area contributed by atoms with E-state index in [4.69, 9.17) is 11.6 Å². The number of aromatic nitrogens is 2. The van der Waals surface area contributed by atoms with Crippen molar-refractivity contribution in [3.63, 3.8) is 0 Å². The van der Waals surface area contributed by atoms with Gasteiger partial charge in [-0.25, -0.2) is 4.98 Å². The van der Waals surface area contributed by atoms with Crippen LogP contribution in [0.5, 0.6) is 0 Å². The molecule has 1 aliphatic rings. The molecule has 2 aromatic rings.